The van der Waals surface area contributed by atoms with Crippen LogP contribution in [0.1, 0.15) is 24.5 Å². The van der Waals surface area contributed by atoms with E-state index in [2.05, 4.69) is 0 Å². The highest BCUT2D eigenvalue weighted by atomic mass is 19.4. The van der Waals surface area contributed by atoms with Crippen LogP contribution in [-0.2, 0) is 16.6 Å². The zero-order chi connectivity index (χ0) is 12.4. The minimum Gasteiger partial charge on any atom is -0.385 e. The highest BCUT2D eigenvalue weighted by Crippen LogP contribution is 2.37. The summed E-state index contributed by atoms with van der Waals surface area (Å²) in [5.41, 5.74) is -3.00. The number of halogens is 3. The molecule has 1 unspecified atom stereocenters. The van der Waals surface area contributed by atoms with Gasteiger partial charge in [0.15, 0.2) is 0 Å². The molecule has 1 N–H and O–H groups in total. The summed E-state index contributed by atoms with van der Waals surface area (Å²) < 4.78 is 37.9. The second-order valence-corrected chi connectivity index (χ2v) is 3.69. The van der Waals surface area contributed by atoms with Gasteiger partial charge in [-0.2, -0.15) is 13.2 Å². The van der Waals surface area contributed by atoms with Crippen molar-refractivity contribution in [2.75, 3.05) is 0 Å². The maximum absolute atomic E-state index is 12.6. The number of hydrogen-bond acceptors (Lipinski definition) is 2. The summed E-state index contributed by atoms with van der Waals surface area (Å²) in [5.74, 6) is 0. The maximum Gasteiger partial charge on any atom is 0.416 e. The summed E-state index contributed by atoms with van der Waals surface area (Å²) >= 11 is 0. The molecule has 0 saturated heterocycles. The van der Waals surface area contributed by atoms with Crippen LogP contribution in [0.3, 0.4) is 0 Å². The van der Waals surface area contributed by atoms with Gasteiger partial charge in [0.2, 0.25) is 0 Å². The summed E-state index contributed by atoms with van der Waals surface area (Å²) in [6.07, 6.45) is -4.52. The molecule has 0 aliphatic heterocycles. The number of hydrogen-bond donors (Lipinski definition) is 1. The van der Waals surface area contributed by atoms with Crippen molar-refractivity contribution < 1.29 is 23.1 Å². The molecule has 16 heavy (non-hydrogen) atoms. The van der Waals surface area contributed by atoms with E-state index in [0.29, 0.717) is 6.29 Å². The van der Waals surface area contributed by atoms with Crippen molar-refractivity contribution in [1.29, 1.82) is 0 Å². The molecule has 0 spiro atoms. The minimum atomic E-state index is -4.54. The van der Waals surface area contributed by atoms with Gasteiger partial charge in [0.1, 0.15) is 6.29 Å². The lowest BCUT2D eigenvalue weighted by molar-refractivity contribution is -0.141. The molecule has 2 nitrogen and oxygen atoms in total. The lowest BCUT2D eigenvalue weighted by Crippen LogP contribution is -2.26. The molecule has 5 heteroatoms. The molecule has 0 radical (unpaired) electrons. The smallest absolute Gasteiger partial charge is 0.385 e. The highest BCUT2D eigenvalue weighted by Gasteiger charge is 2.38. The Morgan fingerprint density at radius 1 is 1.25 bits per heavy atom. The van der Waals surface area contributed by atoms with E-state index < -0.39 is 17.3 Å². The fourth-order valence-corrected chi connectivity index (χ4v) is 1.47. The van der Waals surface area contributed by atoms with E-state index in [4.69, 9.17) is 0 Å². The van der Waals surface area contributed by atoms with Gasteiger partial charge in [0.25, 0.3) is 0 Å². The molecule has 0 heterocycles. The molecule has 0 fully saturated rings. The largest absolute Gasteiger partial charge is 0.416 e. The zero-order valence-electron chi connectivity index (χ0n) is 8.58. The van der Waals surface area contributed by atoms with Gasteiger partial charge < -0.3 is 9.90 Å². The molecule has 0 aliphatic carbocycles. The molecule has 1 aromatic carbocycles. The van der Waals surface area contributed by atoms with E-state index >= 15 is 0 Å². The van der Waals surface area contributed by atoms with Gasteiger partial charge in [0, 0.05) is 6.42 Å². The van der Waals surface area contributed by atoms with Crippen LogP contribution < -0.4 is 0 Å². The van der Waals surface area contributed by atoms with E-state index in [1.165, 1.54) is 25.1 Å². The monoisotopic (exact) mass is 232 g/mol. The Morgan fingerprint density at radius 2 is 1.75 bits per heavy atom. The number of carbonyl (C=O) groups is 1. The molecular weight excluding hydrogens is 221 g/mol. The van der Waals surface area contributed by atoms with Gasteiger partial charge in [-0.3, -0.25) is 0 Å². The Bertz CT molecular complexity index is 383. The topological polar surface area (TPSA) is 37.3 Å². The number of rotatable bonds is 3. The van der Waals surface area contributed by atoms with E-state index in [1.807, 2.05) is 0 Å². The maximum atomic E-state index is 12.6. The minimum absolute atomic E-state index is 0.283. The van der Waals surface area contributed by atoms with Crippen LogP contribution in [0.4, 0.5) is 13.2 Å². The van der Waals surface area contributed by atoms with Crippen LogP contribution in [0.25, 0.3) is 0 Å². The number of aliphatic hydroxyl groups is 1. The van der Waals surface area contributed by atoms with Crippen LogP contribution in [0, 0.1) is 0 Å². The van der Waals surface area contributed by atoms with Gasteiger partial charge >= 0.3 is 6.18 Å². The predicted octanol–water partition coefficient (Wildman–Crippen LogP) is 2.50. The van der Waals surface area contributed by atoms with E-state index in [0.717, 1.165) is 6.07 Å². The summed E-state index contributed by atoms with van der Waals surface area (Å²) in [4.78, 5) is 10.3. The third-order valence-electron chi connectivity index (χ3n) is 2.29. The summed E-state index contributed by atoms with van der Waals surface area (Å²) in [6.45, 7) is 1.19. The average molecular weight is 232 g/mol. The summed E-state index contributed by atoms with van der Waals surface area (Å²) in [7, 11) is 0. The predicted molar refractivity (Wildman–Crippen MR) is 51.7 cm³/mol. The number of benzene rings is 1. The first kappa shape index (κ1) is 12.7. The molecule has 0 bridgehead atoms. The van der Waals surface area contributed by atoms with Crippen LogP contribution >= 0.6 is 0 Å². The van der Waals surface area contributed by atoms with Gasteiger partial charge in [-0.05, 0) is 18.6 Å². The quantitative estimate of drug-likeness (QED) is 0.813. The Morgan fingerprint density at radius 3 is 2.19 bits per heavy atom. The van der Waals surface area contributed by atoms with Crippen molar-refractivity contribution in [2.24, 2.45) is 0 Å². The molecular formula is C11H11F3O2. The Labute approximate surface area is 90.7 Å². The van der Waals surface area contributed by atoms with Gasteiger partial charge in [-0.1, -0.05) is 18.2 Å². The SMILES string of the molecule is CC(O)(CC=O)c1ccccc1C(F)(F)F. The summed E-state index contributed by atoms with van der Waals surface area (Å²) in [6, 6.07) is 4.69. The fourth-order valence-electron chi connectivity index (χ4n) is 1.47. The van der Waals surface area contributed by atoms with Crippen molar-refractivity contribution in [3.8, 4) is 0 Å². The second kappa shape index (κ2) is 4.25. The first-order valence-electron chi connectivity index (χ1n) is 4.62. The van der Waals surface area contributed by atoms with Crippen LogP contribution in [0.15, 0.2) is 24.3 Å². The molecule has 0 aromatic heterocycles. The lowest BCUT2D eigenvalue weighted by Gasteiger charge is -2.25. The van der Waals surface area contributed by atoms with E-state index in [-0.39, 0.29) is 12.0 Å². The summed E-state index contributed by atoms with van der Waals surface area (Å²) in [5, 5.41) is 9.80. The third kappa shape index (κ3) is 2.61. The van der Waals surface area contributed by atoms with Gasteiger partial charge in [0.05, 0.1) is 11.2 Å². The number of aldehydes is 1. The standard InChI is InChI=1S/C11H11F3O2/c1-10(16,6-7-15)8-4-2-3-5-9(8)11(12,13)14/h2-5,7,16H,6H2,1H3. The Hall–Kier alpha value is -1.36. The first-order chi connectivity index (χ1) is 7.29. The second-order valence-electron chi connectivity index (χ2n) is 3.69. The van der Waals surface area contributed by atoms with Crippen molar-refractivity contribution in [2.45, 2.75) is 25.1 Å². The fraction of sp³-hybridized carbons (Fsp3) is 0.364. The normalized spacial score (nSPS) is 15.6. The van der Waals surface area contributed by atoms with Gasteiger partial charge in [-0.25, -0.2) is 0 Å². The van der Waals surface area contributed by atoms with Gasteiger partial charge in [-0.15, -0.1) is 0 Å². The number of alkyl halides is 3. The zero-order valence-corrected chi connectivity index (χ0v) is 8.58. The molecule has 1 atom stereocenters. The molecule has 0 amide bonds. The Balaban J connectivity index is 3.28. The van der Waals surface area contributed by atoms with Crippen molar-refractivity contribution >= 4 is 6.29 Å². The van der Waals surface area contributed by atoms with Crippen LogP contribution in [0.5, 0.6) is 0 Å². The van der Waals surface area contributed by atoms with Crippen LogP contribution in [0.2, 0.25) is 0 Å². The average Bonchev–Trinajstić information content (AvgIpc) is 2.16. The molecule has 1 aromatic rings. The van der Waals surface area contributed by atoms with Crippen molar-refractivity contribution in [1.82, 2.24) is 0 Å². The highest BCUT2D eigenvalue weighted by molar-refractivity contribution is 5.53. The number of carbonyl (C=O) groups excluding carboxylic acids is 1. The van der Waals surface area contributed by atoms with Crippen molar-refractivity contribution in [3.05, 3.63) is 35.4 Å². The molecule has 1 rings (SSSR count). The first-order valence-corrected chi connectivity index (χ1v) is 4.62. The lowest BCUT2D eigenvalue weighted by atomic mass is 9.89. The van der Waals surface area contributed by atoms with E-state index in [1.54, 1.807) is 0 Å². The molecule has 0 saturated carbocycles. The van der Waals surface area contributed by atoms with Crippen molar-refractivity contribution in [3.63, 3.8) is 0 Å². The molecule has 0 aliphatic rings. The van der Waals surface area contributed by atoms with E-state index in [9.17, 15) is 23.1 Å². The Kier molecular flexibility index (Phi) is 3.38. The van der Waals surface area contributed by atoms with Crippen LogP contribution in [-0.4, -0.2) is 11.4 Å². The third-order valence-corrected chi connectivity index (χ3v) is 2.29. The molecule has 88 valence electrons.